The largest absolute Gasteiger partial charge is 0.497 e. The highest BCUT2D eigenvalue weighted by molar-refractivity contribution is 6.09. The molecule has 0 aliphatic heterocycles. The lowest BCUT2D eigenvalue weighted by Gasteiger charge is -2.20. The summed E-state index contributed by atoms with van der Waals surface area (Å²) in [6, 6.07) is 13.4. The number of amides is 5. The summed E-state index contributed by atoms with van der Waals surface area (Å²) in [6.45, 7) is 13.2. The van der Waals surface area contributed by atoms with Gasteiger partial charge in [0.1, 0.15) is 40.4 Å². The molecule has 0 aliphatic carbocycles. The molecule has 0 saturated heterocycles. The molecule has 5 heterocycles. The van der Waals surface area contributed by atoms with Crippen molar-refractivity contribution in [2.45, 2.75) is 86.9 Å². The van der Waals surface area contributed by atoms with Gasteiger partial charge in [-0.15, -0.1) is 0 Å². The molecular weight excluding hydrogens is 877 g/mol. The molecule has 0 radical (unpaired) electrons. The van der Waals surface area contributed by atoms with Gasteiger partial charge in [0.2, 0.25) is 23.7 Å². The SMILES string of the molecule is CCn1nc(C)cc1C(=O)Nc1nc2cc(C(N)=O)cnc2n1C/C=C/Cn1c(NC(=O)c2c(NC(=O)OC(C)(C)C)c(C)nn2CC)nc2cc(C(N)=O)cc(OCc3ccc(OC)cc3)c21. The number of imidazole rings is 2. The van der Waals surface area contributed by atoms with Crippen LogP contribution in [0.15, 0.2) is 66.9 Å². The van der Waals surface area contributed by atoms with Gasteiger partial charge in [0.15, 0.2) is 11.3 Å². The van der Waals surface area contributed by atoms with Gasteiger partial charge in [0, 0.05) is 37.9 Å². The summed E-state index contributed by atoms with van der Waals surface area (Å²) in [4.78, 5) is 79.7. The van der Waals surface area contributed by atoms with Crippen LogP contribution in [0, 0.1) is 13.8 Å². The molecule has 22 heteroatoms. The van der Waals surface area contributed by atoms with Gasteiger partial charge in [-0.05, 0) is 90.4 Å². The highest BCUT2D eigenvalue weighted by Crippen LogP contribution is 2.33. The van der Waals surface area contributed by atoms with Gasteiger partial charge in [-0.1, -0.05) is 24.3 Å². The highest BCUT2D eigenvalue weighted by atomic mass is 16.6. The average Bonchev–Trinajstić information content (AvgIpc) is 4.04. The summed E-state index contributed by atoms with van der Waals surface area (Å²) in [5.41, 5.74) is 14.4. The number of hydrogen-bond acceptors (Lipinski definition) is 13. The smallest absolute Gasteiger partial charge is 0.412 e. The number of carbonyl (C=O) groups excluding carboxylic acids is 5. The molecule has 0 fully saturated rings. The van der Waals surface area contributed by atoms with Crippen LogP contribution < -0.4 is 36.9 Å². The third-order valence-corrected chi connectivity index (χ3v) is 10.4. The minimum atomic E-state index is -0.819. The first-order chi connectivity index (χ1) is 32.4. The molecule has 0 atom stereocenters. The van der Waals surface area contributed by atoms with E-state index in [4.69, 9.17) is 30.7 Å². The second-order valence-corrected chi connectivity index (χ2v) is 16.5. The first-order valence-corrected chi connectivity index (χ1v) is 21.5. The van der Waals surface area contributed by atoms with Crippen LogP contribution in [0.5, 0.6) is 11.5 Å². The fourth-order valence-corrected chi connectivity index (χ4v) is 7.30. The van der Waals surface area contributed by atoms with Crippen molar-refractivity contribution >= 4 is 69.5 Å². The predicted octanol–water partition coefficient (Wildman–Crippen LogP) is 5.72. The van der Waals surface area contributed by atoms with E-state index in [0.29, 0.717) is 46.1 Å². The molecule has 0 spiro atoms. The van der Waals surface area contributed by atoms with E-state index in [1.165, 1.54) is 29.1 Å². The van der Waals surface area contributed by atoms with E-state index >= 15 is 0 Å². The number of methoxy groups -OCH3 is 1. The third-order valence-electron chi connectivity index (χ3n) is 10.4. The summed E-state index contributed by atoms with van der Waals surface area (Å²) in [6.07, 6.45) is 4.12. The summed E-state index contributed by atoms with van der Waals surface area (Å²) < 4.78 is 23.5. The Morgan fingerprint density at radius 3 is 2.04 bits per heavy atom. The number of hydrogen-bond donors (Lipinski definition) is 5. The second kappa shape index (κ2) is 19.5. The van der Waals surface area contributed by atoms with Crippen molar-refractivity contribution < 1.29 is 38.2 Å². The predicted molar refractivity (Wildman–Crippen MR) is 252 cm³/mol. The number of nitrogens with two attached hydrogens (primary N) is 2. The molecular formula is C46H52N14O8. The van der Waals surface area contributed by atoms with Gasteiger partial charge in [0.25, 0.3) is 11.8 Å². The van der Waals surface area contributed by atoms with Crippen LogP contribution in [0.2, 0.25) is 0 Å². The normalized spacial score (nSPS) is 11.6. The van der Waals surface area contributed by atoms with Crippen LogP contribution in [0.4, 0.5) is 22.4 Å². The lowest BCUT2D eigenvalue weighted by atomic mass is 10.1. The van der Waals surface area contributed by atoms with Crippen molar-refractivity contribution in [1.82, 2.24) is 43.6 Å². The van der Waals surface area contributed by atoms with Crippen molar-refractivity contribution in [2.75, 3.05) is 23.1 Å². The van der Waals surface area contributed by atoms with Gasteiger partial charge in [-0.2, -0.15) is 10.2 Å². The van der Waals surface area contributed by atoms with E-state index in [2.05, 4.69) is 36.1 Å². The number of benzene rings is 2. The average molecular weight is 929 g/mol. The van der Waals surface area contributed by atoms with Gasteiger partial charge < -0.3 is 30.2 Å². The van der Waals surface area contributed by atoms with Crippen molar-refractivity contribution in [3.63, 3.8) is 0 Å². The van der Waals surface area contributed by atoms with E-state index in [1.807, 2.05) is 19.1 Å². The number of pyridine rings is 1. The first kappa shape index (κ1) is 47.4. The summed E-state index contributed by atoms with van der Waals surface area (Å²) in [5, 5.41) is 17.3. The van der Waals surface area contributed by atoms with Crippen molar-refractivity contribution in [3.05, 3.63) is 106 Å². The molecule has 5 amide bonds. The summed E-state index contributed by atoms with van der Waals surface area (Å²) in [5.74, 6) is -1.49. The van der Waals surface area contributed by atoms with Crippen molar-refractivity contribution in [2.24, 2.45) is 11.5 Å². The summed E-state index contributed by atoms with van der Waals surface area (Å²) in [7, 11) is 1.57. The number of rotatable bonds is 17. The lowest BCUT2D eigenvalue weighted by Crippen LogP contribution is -2.28. The fourth-order valence-electron chi connectivity index (χ4n) is 7.30. The zero-order valence-electron chi connectivity index (χ0n) is 38.8. The topological polar surface area (TPSA) is 285 Å². The van der Waals surface area contributed by atoms with E-state index in [0.717, 1.165) is 5.56 Å². The highest BCUT2D eigenvalue weighted by Gasteiger charge is 2.28. The minimum absolute atomic E-state index is 0.0320. The van der Waals surface area contributed by atoms with Crippen LogP contribution in [0.1, 0.15) is 93.3 Å². The fraction of sp³-hybridized carbons (Fsp3) is 0.304. The van der Waals surface area contributed by atoms with E-state index < -0.39 is 35.3 Å². The monoisotopic (exact) mass is 928 g/mol. The maximum absolute atomic E-state index is 14.5. The Morgan fingerprint density at radius 1 is 0.765 bits per heavy atom. The minimum Gasteiger partial charge on any atom is -0.497 e. The number of allylic oxidation sites excluding steroid dienone is 2. The van der Waals surface area contributed by atoms with E-state index in [9.17, 15) is 24.0 Å². The first-order valence-electron chi connectivity index (χ1n) is 21.5. The molecule has 0 saturated carbocycles. The molecule has 7 aromatic rings. The van der Waals surface area contributed by atoms with Gasteiger partial charge in [-0.3, -0.25) is 49.1 Å². The van der Waals surface area contributed by atoms with E-state index in [1.54, 1.807) is 92.8 Å². The number of primary amides is 2. The molecule has 0 aliphatic rings. The molecule has 22 nitrogen and oxygen atoms in total. The maximum atomic E-state index is 14.5. The van der Waals surface area contributed by atoms with Gasteiger partial charge in [-0.25, -0.2) is 19.7 Å². The molecule has 2 aromatic carbocycles. The Kier molecular flexibility index (Phi) is 13.6. The van der Waals surface area contributed by atoms with Crippen LogP contribution >= 0.6 is 0 Å². The number of nitrogens with one attached hydrogen (secondary N) is 3. The van der Waals surface area contributed by atoms with Crippen molar-refractivity contribution in [1.29, 1.82) is 0 Å². The quantitative estimate of drug-likeness (QED) is 0.0684. The number of aromatic nitrogens is 9. The van der Waals surface area contributed by atoms with Crippen LogP contribution in [0.3, 0.4) is 0 Å². The number of ether oxygens (including phenoxy) is 3. The number of nitrogens with zero attached hydrogens (tertiary/aromatic N) is 9. The maximum Gasteiger partial charge on any atom is 0.412 e. The Labute approximate surface area is 389 Å². The van der Waals surface area contributed by atoms with E-state index in [-0.39, 0.29) is 71.9 Å². The third kappa shape index (κ3) is 10.3. The molecule has 354 valence electrons. The number of carbonyl (C=O) groups is 5. The number of anilines is 3. The Balaban J connectivity index is 1.29. The molecule has 5 aromatic heterocycles. The number of fused-ring (bicyclic) bond motifs is 2. The van der Waals surface area contributed by atoms with Crippen LogP contribution in [-0.4, -0.2) is 86.1 Å². The zero-order valence-corrected chi connectivity index (χ0v) is 38.8. The zero-order chi connectivity index (χ0) is 49.0. The molecule has 0 unspecified atom stereocenters. The number of aryl methyl sites for hydroxylation is 4. The second-order valence-electron chi connectivity index (χ2n) is 16.5. The van der Waals surface area contributed by atoms with Crippen LogP contribution in [0.25, 0.3) is 22.2 Å². The van der Waals surface area contributed by atoms with Crippen molar-refractivity contribution in [3.8, 4) is 11.5 Å². The molecule has 0 bridgehead atoms. The van der Waals surface area contributed by atoms with Crippen LogP contribution in [-0.2, 0) is 37.5 Å². The Morgan fingerprint density at radius 2 is 1.40 bits per heavy atom. The summed E-state index contributed by atoms with van der Waals surface area (Å²) >= 11 is 0. The molecule has 7 rings (SSSR count). The Bertz CT molecular complexity index is 3120. The molecule has 7 N–H and O–H groups in total. The molecule has 68 heavy (non-hydrogen) atoms. The van der Waals surface area contributed by atoms with Gasteiger partial charge >= 0.3 is 6.09 Å². The standard InChI is InChI=1S/C46H52N14O8/c1-9-59-33(19-25(3)55-59)41(63)53-44-51-32-21-29(39(48)62)23-49-40(32)58(44)18-12-11-17-57-36-31(20-28(38(47)61)22-34(36)67-24-27-13-15-30(66-8)16-14-27)50-43(57)54-42(64)37-35(26(4)56-60(37)10-2)52-45(65)68-46(5,6)7/h11-16,19-23H,9-10,17-18,24H2,1-8H3,(H2,47,61)(H2,48,62)(H,52,65)(H,50,54,64)(H,51,53,63)/b12-11+. The Hall–Kier alpha value is -8.56. The van der Waals surface area contributed by atoms with Gasteiger partial charge in [0.05, 0.1) is 35.3 Å². The lowest BCUT2D eigenvalue weighted by molar-refractivity contribution is 0.0635.